The van der Waals surface area contributed by atoms with Crippen LogP contribution in [0, 0.1) is 6.92 Å². The lowest BCUT2D eigenvalue weighted by Crippen LogP contribution is -2.46. The van der Waals surface area contributed by atoms with Crippen molar-refractivity contribution in [3.8, 4) is 0 Å². The van der Waals surface area contributed by atoms with E-state index in [2.05, 4.69) is 26.5 Å². The van der Waals surface area contributed by atoms with Gasteiger partial charge in [-0.1, -0.05) is 23.7 Å². The Morgan fingerprint density at radius 3 is 2.50 bits per heavy atom. The van der Waals surface area contributed by atoms with E-state index in [4.69, 9.17) is 11.6 Å². The van der Waals surface area contributed by atoms with Gasteiger partial charge >= 0.3 is 6.18 Å². The van der Waals surface area contributed by atoms with E-state index >= 15 is 0 Å². The summed E-state index contributed by atoms with van der Waals surface area (Å²) in [7, 11) is 0. The van der Waals surface area contributed by atoms with Gasteiger partial charge in [0.1, 0.15) is 0 Å². The number of anilines is 1. The van der Waals surface area contributed by atoms with Crippen LogP contribution >= 0.6 is 11.6 Å². The molecular formula is C26H30ClF3N4O2. The van der Waals surface area contributed by atoms with Crippen LogP contribution in [-0.4, -0.2) is 61.5 Å². The van der Waals surface area contributed by atoms with E-state index in [9.17, 15) is 22.8 Å². The van der Waals surface area contributed by atoms with Crippen LogP contribution in [-0.2, 0) is 11.0 Å². The maximum atomic E-state index is 12.9. The van der Waals surface area contributed by atoms with Gasteiger partial charge in [0.15, 0.2) is 0 Å². The molecule has 2 saturated heterocycles. The van der Waals surface area contributed by atoms with Crippen molar-refractivity contribution in [1.29, 1.82) is 0 Å². The van der Waals surface area contributed by atoms with Crippen molar-refractivity contribution in [3.63, 3.8) is 0 Å². The van der Waals surface area contributed by atoms with E-state index in [1.54, 1.807) is 0 Å². The lowest BCUT2D eigenvalue weighted by molar-refractivity contribution is -0.137. The molecular weight excluding hydrogens is 493 g/mol. The fourth-order valence-corrected chi connectivity index (χ4v) is 5.06. The molecule has 2 aliphatic heterocycles. The average molecular weight is 523 g/mol. The normalized spacial score (nSPS) is 19.4. The monoisotopic (exact) mass is 522 g/mol. The lowest BCUT2D eigenvalue weighted by Gasteiger charge is -2.38. The zero-order chi connectivity index (χ0) is 25.9. The molecule has 2 N–H and O–H groups in total. The van der Waals surface area contributed by atoms with Crippen molar-refractivity contribution in [3.05, 3.63) is 64.2 Å². The molecule has 2 aromatic carbocycles. The molecule has 0 spiro atoms. The molecule has 0 bridgehead atoms. The van der Waals surface area contributed by atoms with Gasteiger partial charge in [-0.15, -0.1) is 0 Å². The summed E-state index contributed by atoms with van der Waals surface area (Å²) in [6.07, 6.45) is -1.66. The second kappa shape index (κ2) is 11.1. The summed E-state index contributed by atoms with van der Waals surface area (Å²) >= 11 is 6.28. The molecule has 2 amide bonds. The predicted octanol–water partition coefficient (Wildman–Crippen LogP) is 4.26. The van der Waals surface area contributed by atoms with Gasteiger partial charge in [-0.3, -0.25) is 14.5 Å². The highest BCUT2D eigenvalue weighted by Gasteiger charge is 2.32. The quantitative estimate of drug-likeness (QED) is 0.595. The third-order valence-corrected chi connectivity index (χ3v) is 7.36. The number of carbonyl (C=O) groups is 2. The number of amides is 2. The van der Waals surface area contributed by atoms with Crippen LogP contribution in [0.25, 0.3) is 0 Å². The number of nitrogens with one attached hydrogen (secondary N) is 2. The van der Waals surface area contributed by atoms with Crippen LogP contribution in [0.2, 0.25) is 5.02 Å². The van der Waals surface area contributed by atoms with E-state index in [-0.39, 0.29) is 24.1 Å². The summed E-state index contributed by atoms with van der Waals surface area (Å²) in [4.78, 5) is 29.3. The van der Waals surface area contributed by atoms with Crippen LogP contribution in [0.5, 0.6) is 0 Å². The van der Waals surface area contributed by atoms with Crippen molar-refractivity contribution in [1.82, 2.24) is 15.5 Å². The molecule has 0 unspecified atom stereocenters. The van der Waals surface area contributed by atoms with Crippen molar-refractivity contribution in [2.45, 2.75) is 44.4 Å². The Morgan fingerprint density at radius 1 is 1.06 bits per heavy atom. The Labute approximate surface area is 213 Å². The van der Waals surface area contributed by atoms with Gasteiger partial charge in [0.05, 0.1) is 12.1 Å². The summed E-state index contributed by atoms with van der Waals surface area (Å²) < 4.78 is 38.6. The van der Waals surface area contributed by atoms with Crippen molar-refractivity contribution in [2.75, 3.05) is 37.6 Å². The van der Waals surface area contributed by atoms with E-state index in [1.165, 1.54) is 12.1 Å². The van der Waals surface area contributed by atoms with Crippen LogP contribution < -0.4 is 15.5 Å². The van der Waals surface area contributed by atoms with Gasteiger partial charge in [-0.05, 0) is 62.1 Å². The Morgan fingerprint density at radius 2 is 1.81 bits per heavy atom. The topological polar surface area (TPSA) is 64.7 Å². The zero-order valence-electron chi connectivity index (χ0n) is 20.1. The highest BCUT2D eigenvalue weighted by atomic mass is 35.5. The molecule has 6 nitrogen and oxygen atoms in total. The number of benzene rings is 2. The first-order chi connectivity index (χ1) is 17.1. The minimum absolute atomic E-state index is 0.0168. The minimum Gasteiger partial charge on any atom is -0.371 e. The van der Waals surface area contributed by atoms with Crippen LogP contribution in [0.1, 0.15) is 40.7 Å². The molecule has 0 aliphatic carbocycles. The number of halogens is 4. The molecule has 10 heteroatoms. The molecule has 36 heavy (non-hydrogen) atoms. The Hall–Kier alpha value is -2.78. The number of alkyl halides is 3. The lowest BCUT2D eigenvalue weighted by atomic mass is 10.0. The van der Waals surface area contributed by atoms with Crippen LogP contribution in [0.4, 0.5) is 18.9 Å². The van der Waals surface area contributed by atoms with Crippen LogP contribution in [0.3, 0.4) is 0 Å². The molecule has 0 radical (unpaired) electrons. The van der Waals surface area contributed by atoms with E-state index in [0.717, 1.165) is 73.8 Å². The van der Waals surface area contributed by atoms with Gasteiger partial charge in [0, 0.05) is 54.5 Å². The highest BCUT2D eigenvalue weighted by molar-refractivity contribution is 6.31. The Balaban J connectivity index is 1.20. The third-order valence-electron chi connectivity index (χ3n) is 6.95. The number of likely N-dealkylation sites (tertiary alicyclic amines) is 1. The number of piperidine rings is 1. The number of hydrogen-bond acceptors (Lipinski definition) is 4. The van der Waals surface area contributed by atoms with Gasteiger partial charge in [0.25, 0.3) is 5.91 Å². The summed E-state index contributed by atoms with van der Waals surface area (Å²) in [5, 5.41) is 6.12. The summed E-state index contributed by atoms with van der Waals surface area (Å²) in [5.41, 5.74) is 1.17. The third kappa shape index (κ3) is 6.50. The maximum Gasteiger partial charge on any atom is 0.416 e. The number of hydrogen-bond donors (Lipinski definition) is 2. The second-order valence-corrected chi connectivity index (χ2v) is 9.87. The van der Waals surface area contributed by atoms with Crippen LogP contribution in [0.15, 0.2) is 42.5 Å². The van der Waals surface area contributed by atoms with Gasteiger partial charge in [-0.25, -0.2) is 0 Å². The Kier molecular flexibility index (Phi) is 8.10. The predicted molar refractivity (Wildman–Crippen MR) is 133 cm³/mol. The fraction of sp³-hybridized carbons (Fsp3) is 0.462. The Bertz CT molecular complexity index is 1100. The minimum atomic E-state index is -4.53. The number of nitrogens with zero attached hydrogens (tertiary/aromatic N) is 2. The first-order valence-electron chi connectivity index (χ1n) is 12.1. The van der Waals surface area contributed by atoms with Crippen molar-refractivity contribution >= 4 is 29.1 Å². The summed E-state index contributed by atoms with van der Waals surface area (Å²) in [5.74, 6) is -1.07. The molecule has 2 heterocycles. The first kappa shape index (κ1) is 26.3. The average Bonchev–Trinajstić information content (AvgIpc) is 3.32. The maximum absolute atomic E-state index is 12.9. The fourth-order valence-electron chi connectivity index (χ4n) is 4.88. The SMILES string of the molecule is Cc1ccc(N2CCC(N3CC[C@@H](NC(=O)CNC(=O)c4cccc(C(F)(F)F)c4)C3)CC2)cc1Cl. The second-order valence-electron chi connectivity index (χ2n) is 9.46. The molecule has 1 atom stereocenters. The zero-order valence-corrected chi connectivity index (χ0v) is 20.8. The van der Waals surface area contributed by atoms with Gasteiger partial charge < -0.3 is 15.5 Å². The molecule has 194 valence electrons. The van der Waals surface area contributed by atoms with Crippen molar-refractivity contribution in [2.24, 2.45) is 0 Å². The molecule has 2 aliphatic rings. The van der Waals surface area contributed by atoms with E-state index in [0.29, 0.717) is 6.04 Å². The molecule has 4 rings (SSSR count). The molecule has 2 fully saturated rings. The summed E-state index contributed by atoms with van der Waals surface area (Å²) in [6, 6.07) is 10.7. The smallest absolute Gasteiger partial charge is 0.371 e. The number of carbonyl (C=O) groups excluding carboxylic acids is 2. The summed E-state index contributed by atoms with van der Waals surface area (Å²) in [6.45, 7) is 5.23. The van der Waals surface area contributed by atoms with Gasteiger partial charge in [0.2, 0.25) is 5.91 Å². The molecule has 0 saturated carbocycles. The van der Waals surface area contributed by atoms with E-state index in [1.807, 2.05) is 19.1 Å². The first-order valence-corrected chi connectivity index (χ1v) is 12.5. The van der Waals surface area contributed by atoms with Crippen molar-refractivity contribution < 1.29 is 22.8 Å². The number of rotatable bonds is 6. The molecule has 2 aromatic rings. The van der Waals surface area contributed by atoms with E-state index < -0.39 is 17.6 Å². The molecule has 0 aromatic heterocycles. The van der Waals surface area contributed by atoms with Gasteiger partial charge in [-0.2, -0.15) is 13.2 Å². The number of aryl methyl sites for hydroxylation is 1. The standard InChI is InChI=1S/C26H30ClF3N4O2/c1-17-5-6-22(14-23(17)27)33-11-8-21(9-12-33)34-10-7-20(16-34)32-24(35)15-31-25(36)18-3-2-4-19(13-18)26(28,29)30/h2-6,13-14,20-21H,7-12,15-16H2,1H3,(H,31,36)(H,32,35)/t20-/m1/s1. The highest BCUT2D eigenvalue weighted by Crippen LogP contribution is 2.30. The largest absolute Gasteiger partial charge is 0.416 e.